The smallest absolute Gasteiger partial charge is 0.191 e. The number of benzene rings is 1. The van der Waals surface area contributed by atoms with Crippen molar-refractivity contribution in [1.29, 1.82) is 0 Å². The number of aliphatic hydroxyl groups excluding tert-OH is 1. The number of methoxy groups -OCH3 is 1. The van der Waals surface area contributed by atoms with Crippen LogP contribution >= 0.6 is 24.0 Å². The first kappa shape index (κ1) is 24.0. The molecule has 7 heteroatoms. The third-order valence-corrected chi connectivity index (χ3v) is 4.46. The number of ether oxygens (including phenoxy) is 2. The molecule has 0 amide bonds. The minimum atomic E-state index is -0.140. The summed E-state index contributed by atoms with van der Waals surface area (Å²) in [5, 5.41) is 16.4. The van der Waals surface area contributed by atoms with Crippen LogP contribution in [0.15, 0.2) is 29.3 Å². The number of nitrogens with zero attached hydrogens (tertiary/aromatic N) is 1. The lowest BCUT2D eigenvalue weighted by Crippen LogP contribution is -2.45. The Morgan fingerprint density at radius 2 is 2.00 bits per heavy atom. The normalized spacial score (nSPS) is 19.9. The third-order valence-electron chi connectivity index (χ3n) is 4.46. The Bertz CT molecular complexity index is 549. The molecule has 6 nitrogen and oxygen atoms in total. The van der Waals surface area contributed by atoms with Crippen molar-refractivity contribution in [2.45, 2.75) is 57.7 Å². The first-order valence-corrected chi connectivity index (χ1v) is 9.65. The highest BCUT2D eigenvalue weighted by atomic mass is 127. The number of hydrogen-bond acceptors (Lipinski definition) is 4. The molecule has 1 saturated carbocycles. The van der Waals surface area contributed by atoms with Crippen molar-refractivity contribution >= 4 is 29.9 Å². The van der Waals surface area contributed by atoms with Gasteiger partial charge in [-0.3, -0.25) is 0 Å². The van der Waals surface area contributed by atoms with Gasteiger partial charge in [-0.1, -0.05) is 12.1 Å². The molecule has 0 heterocycles. The van der Waals surface area contributed by atoms with Crippen molar-refractivity contribution in [3.63, 3.8) is 0 Å². The van der Waals surface area contributed by atoms with Gasteiger partial charge in [0.05, 0.1) is 19.3 Å². The number of guanidine groups is 1. The van der Waals surface area contributed by atoms with Gasteiger partial charge in [-0.2, -0.15) is 0 Å². The second kappa shape index (κ2) is 14.0. The van der Waals surface area contributed by atoms with Crippen molar-refractivity contribution < 1.29 is 14.6 Å². The maximum atomic E-state index is 9.64. The van der Waals surface area contributed by atoms with E-state index in [2.05, 4.69) is 23.6 Å². The summed E-state index contributed by atoms with van der Waals surface area (Å²) in [4.78, 5) is 4.70. The molecule has 1 fully saturated rings. The van der Waals surface area contributed by atoms with Crippen molar-refractivity contribution in [2.24, 2.45) is 4.99 Å². The first-order chi connectivity index (χ1) is 12.7. The monoisotopic (exact) mass is 491 g/mol. The van der Waals surface area contributed by atoms with Crippen LogP contribution < -0.4 is 15.4 Å². The molecule has 0 unspecified atom stereocenters. The zero-order valence-electron chi connectivity index (χ0n) is 16.4. The van der Waals surface area contributed by atoms with Gasteiger partial charge < -0.3 is 25.2 Å². The summed E-state index contributed by atoms with van der Waals surface area (Å²) in [7, 11) is 1.70. The van der Waals surface area contributed by atoms with E-state index in [-0.39, 0.29) is 30.1 Å². The molecule has 0 spiro atoms. The van der Waals surface area contributed by atoms with Crippen LogP contribution in [0.25, 0.3) is 0 Å². The zero-order valence-corrected chi connectivity index (χ0v) is 18.8. The predicted molar refractivity (Wildman–Crippen MR) is 120 cm³/mol. The lowest BCUT2D eigenvalue weighted by atomic mass is 9.93. The molecular formula is C20H34IN3O3. The topological polar surface area (TPSA) is 75.1 Å². The standard InChI is InChI=1S/C20H33N3O3.HI/c1-3-21-20(23-17-8-10-18(24)11-9-17)22-15-16-6-4-7-19(14-16)26-13-5-12-25-2;/h4,6-7,14,17-18,24H,3,5,8-13,15H2,1-2H3,(H2,21,22,23);1H. The summed E-state index contributed by atoms with van der Waals surface area (Å²) in [6, 6.07) is 8.45. The number of hydrogen-bond donors (Lipinski definition) is 3. The molecule has 0 saturated heterocycles. The van der Waals surface area contributed by atoms with Crippen LogP contribution in [-0.2, 0) is 11.3 Å². The fourth-order valence-electron chi connectivity index (χ4n) is 3.03. The lowest BCUT2D eigenvalue weighted by molar-refractivity contribution is 0.120. The molecule has 27 heavy (non-hydrogen) atoms. The number of halogens is 1. The molecule has 2 rings (SSSR count). The van der Waals surface area contributed by atoms with Crippen LogP contribution in [0, 0.1) is 0 Å². The number of aliphatic imine (C=N–C) groups is 1. The van der Waals surface area contributed by atoms with Crippen molar-refractivity contribution in [1.82, 2.24) is 10.6 Å². The third kappa shape index (κ3) is 9.62. The van der Waals surface area contributed by atoms with E-state index >= 15 is 0 Å². The molecule has 1 aliphatic rings. The minimum absolute atomic E-state index is 0. The van der Waals surface area contributed by atoms with E-state index in [9.17, 15) is 5.11 Å². The summed E-state index contributed by atoms with van der Waals surface area (Å²) in [6.07, 6.45) is 4.43. The molecular weight excluding hydrogens is 457 g/mol. The Hall–Kier alpha value is -1.06. The van der Waals surface area contributed by atoms with Crippen LogP contribution in [0.3, 0.4) is 0 Å². The molecule has 0 radical (unpaired) electrons. The van der Waals surface area contributed by atoms with E-state index in [1.807, 2.05) is 18.2 Å². The number of rotatable bonds is 9. The van der Waals surface area contributed by atoms with Crippen LogP contribution in [-0.4, -0.2) is 50.1 Å². The molecule has 1 aromatic rings. The molecule has 1 aromatic carbocycles. The molecule has 0 bridgehead atoms. The van der Waals surface area contributed by atoms with Gasteiger partial charge in [0.2, 0.25) is 0 Å². The Morgan fingerprint density at radius 3 is 2.70 bits per heavy atom. The summed E-state index contributed by atoms with van der Waals surface area (Å²) < 4.78 is 10.8. The Kier molecular flexibility index (Phi) is 12.4. The van der Waals surface area contributed by atoms with E-state index in [0.717, 1.165) is 55.9 Å². The van der Waals surface area contributed by atoms with Gasteiger partial charge in [-0.25, -0.2) is 4.99 Å². The Labute approximate surface area is 180 Å². The molecule has 0 aliphatic heterocycles. The molecule has 154 valence electrons. The largest absolute Gasteiger partial charge is 0.493 e. The van der Waals surface area contributed by atoms with Crippen LogP contribution in [0.5, 0.6) is 5.75 Å². The van der Waals surface area contributed by atoms with Gasteiger partial charge in [0, 0.05) is 32.7 Å². The summed E-state index contributed by atoms with van der Waals surface area (Å²) in [5.74, 6) is 1.70. The van der Waals surface area contributed by atoms with Crippen molar-refractivity contribution in [3.8, 4) is 5.75 Å². The minimum Gasteiger partial charge on any atom is -0.493 e. The molecule has 0 aromatic heterocycles. The number of aliphatic hydroxyl groups is 1. The first-order valence-electron chi connectivity index (χ1n) is 9.65. The van der Waals surface area contributed by atoms with Crippen molar-refractivity contribution in [2.75, 3.05) is 26.9 Å². The van der Waals surface area contributed by atoms with E-state index < -0.39 is 0 Å². The average Bonchev–Trinajstić information content (AvgIpc) is 2.66. The Balaban J connectivity index is 0.00000364. The SMILES string of the molecule is CCNC(=NCc1cccc(OCCCOC)c1)NC1CCC(O)CC1.I. The quantitative estimate of drug-likeness (QED) is 0.214. The highest BCUT2D eigenvalue weighted by Gasteiger charge is 2.19. The molecule has 0 atom stereocenters. The summed E-state index contributed by atoms with van der Waals surface area (Å²) in [5.41, 5.74) is 1.12. The molecule has 3 N–H and O–H groups in total. The van der Waals surface area contributed by atoms with E-state index in [1.54, 1.807) is 7.11 Å². The average molecular weight is 491 g/mol. The van der Waals surface area contributed by atoms with Crippen LogP contribution in [0.1, 0.15) is 44.6 Å². The second-order valence-corrected chi connectivity index (χ2v) is 6.69. The zero-order chi connectivity index (χ0) is 18.6. The van der Waals surface area contributed by atoms with Crippen LogP contribution in [0.4, 0.5) is 0 Å². The summed E-state index contributed by atoms with van der Waals surface area (Å²) >= 11 is 0. The highest BCUT2D eigenvalue weighted by molar-refractivity contribution is 14.0. The van der Waals surface area contributed by atoms with E-state index in [0.29, 0.717) is 25.8 Å². The highest BCUT2D eigenvalue weighted by Crippen LogP contribution is 2.18. The summed E-state index contributed by atoms with van der Waals surface area (Å²) in [6.45, 7) is 4.85. The molecule has 1 aliphatic carbocycles. The van der Waals surface area contributed by atoms with Crippen molar-refractivity contribution in [3.05, 3.63) is 29.8 Å². The fraction of sp³-hybridized carbons (Fsp3) is 0.650. The lowest BCUT2D eigenvalue weighted by Gasteiger charge is -2.27. The van der Waals surface area contributed by atoms with Gasteiger partial charge in [0.15, 0.2) is 5.96 Å². The van der Waals surface area contributed by atoms with E-state index in [4.69, 9.17) is 14.5 Å². The Morgan fingerprint density at radius 1 is 1.22 bits per heavy atom. The predicted octanol–water partition coefficient (Wildman–Crippen LogP) is 3.08. The number of nitrogens with one attached hydrogen (secondary N) is 2. The van der Waals surface area contributed by atoms with Gasteiger partial charge >= 0.3 is 0 Å². The van der Waals surface area contributed by atoms with Gasteiger partial charge in [0.1, 0.15) is 5.75 Å². The van der Waals surface area contributed by atoms with Gasteiger partial charge in [-0.05, 0) is 50.3 Å². The fourth-order valence-corrected chi connectivity index (χ4v) is 3.03. The maximum Gasteiger partial charge on any atom is 0.191 e. The van der Waals surface area contributed by atoms with E-state index in [1.165, 1.54) is 0 Å². The maximum absolute atomic E-state index is 9.64. The van der Waals surface area contributed by atoms with Gasteiger partial charge in [0.25, 0.3) is 0 Å². The van der Waals surface area contributed by atoms with Crippen LogP contribution in [0.2, 0.25) is 0 Å². The van der Waals surface area contributed by atoms with Gasteiger partial charge in [-0.15, -0.1) is 24.0 Å². The second-order valence-electron chi connectivity index (χ2n) is 6.69.